The zero-order chi connectivity index (χ0) is 95.7. The molecule has 0 radical (unpaired) electrons. The van der Waals surface area contributed by atoms with Gasteiger partial charge < -0.3 is 59.1 Å². The molecule has 2 saturated heterocycles. The minimum atomic E-state index is -0.413. The molecule has 134 heavy (non-hydrogen) atoms. The number of halogens is 12. The fraction of sp³-hybridized carbons (Fsp3) is 0.551. The van der Waals surface area contributed by atoms with E-state index in [9.17, 15) is 39.6 Å². The first-order valence-electron chi connectivity index (χ1n) is 45.7. The van der Waals surface area contributed by atoms with E-state index in [2.05, 4.69) is 9.80 Å². The summed E-state index contributed by atoms with van der Waals surface area (Å²) in [7, 11) is 0. The Morgan fingerprint density at radius 1 is 0.336 bits per heavy atom. The predicted octanol–water partition coefficient (Wildman–Crippen LogP) is 24.1. The van der Waals surface area contributed by atoms with Gasteiger partial charge in [-0.15, -0.1) is 115 Å². The topological polar surface area (TPSA) is 252 Å². The average molecular weight is 2200 g/mol. The summed E-state index contributed by atoms with van der Waals surface area (Å²) in [6, 6.07) is 37.3. The first-order chi connectivity index (χ1) is 64.5. The highest BCUT2D eigenvalue weighted by Gasteiger charge is 2.45. The fourth-order valence-electron chi connectivity index (χ4n) is 18.5. The van der Waals surface area contributed by atoms with E-state index in [4.69, 9.17) is 178 Å². The van der Waals surface area contributed by atoms with E-state index in [1.807, 2.05) is 84.9 Å². The number of carbonyl (C=O) groups is 4. The van der Waals surface area contributed by atoms with Crippen LogP contribution in [-0.4, -0.2) is 227 Å². The number of rotatable bonds is 42. The molecule has 4 aliphatic carbocycles. The number of alkyl halides is 4. The van der Waals surface area contributed by atoms with Crippen LogP contribution in [0.1, 0.15) is 159 Å². The third-order valence-corrected chi connectivity index (χ3v) is 35.8. The molecule has 8 aromatic rings. The summed E-state index contributed by atoms with van der Waals surface area (Å²) < 4.78 is 31.5. The number of hydrogen-bond donors (Lipinski definition) is 6. The van der Waals surface area contributed by atoms with Crippen molar-refractivity contribution < 1.29 is 78.2 Å². The molecule has 36 heteroatoms. The Morgan fingerprint density at radius 3 is 0.866 bits per heavy atom. The number of esters is 4. The second kappa shape index (κ2) is 58.3. The van der Waals surface area contributed by atoms with E-state index < -0.39 is 30.3 Å². The van der Waals surface area contributed by atoms with Crippen LogP contribution in [-0.2, 0) is 66.9 Å². The molecule has 4 aromatic carbocycles. The minimum Gasteiger partial charge on any atom is -0.460 e. The number of carbonyl (C=O) groups excluding carboxylic acids is 4. The van der Waals surface area contributed by atoms with Crippen molar-refractivity contribution in [1.82, 2.24) is 9.80 Å². The van der Waals surface area contributed by atoms with Crippen LogP contribution in [0.3, 0.4) is 0 Å². The zero-order valence-electron chi connectivity index (χ0n) is 74.3. The number of aliphatic hydroxyl groups is 6. The summed E-state index contributed by atoms with van der Waals surface area (Å²) in [5.41, 5.74) is 2.15. The summed E-state index contributed by atoms with van der Waals surface area (Å²) in [5, 5.41) is 64.7. The van der Waals surface area contributed by atoms with Crippen LogP contribution in [0.5, 0.6) is 0 Å². The van der Waals surface area contributed by atoms with Gasteiger partial charge in [-0.3, -0.25) is 9.80 Å². The Kier molecular flexibility index (Phi) is 48.6. The number of benzene rings is 4. The van der Waals surface area contributed by atoms with Crippen molar-refractivity contribution in [2.75, 3.05) is 117 Å². The van der Waals surface area contributed by atoms with Crippen LogP contribution >= 0.6 is 208 Å². The van der Waals surface area contributed by atoms with E-state index in [0.29, 0.717) is 98.6 Å². The van der Waals surface area contributed by atoms with E-state index in [0.717, 1.165) is 211 Å². The van der Waals surface area contributed by atoms with Crippen molar-refractivity contribution in [3.05, 3.63) is 212 Å². The molecule has 0 spiro atoms. The largest absolute Gasteiger partial charge is 0.460 e. The van der Waals surface area contributed by atoms with Gasteiger partial charge in [-0.2, -0.15) is 0 Å². The van der Waals surface area contributed by atoms with E-state index >= 15 is 0 Å². The van der Waals surface area contributed by atoms with E-state index in [1.165, 1.54) is 55.1 Å². The Bertz CT molecular complexity index is 4570. The predicted molar refractivity (Wildman–Crippen MR) is 552 cm³/mol. The number of ether oxygens (including phenoxy) is 6. The van der Waals surface area contributed by atoms with Gasteiger partial charge in [-0.25, -0.2) is 19.2 Å². The van der Waals surface area contributed by atoms with Crippen molar-refractivity contribution in [2.45, 2.75) is 184 Å². The van der Waals surface area contributed by atoms with Gasteiger partial charge in [0.05, 0.1) is 64.1 Å². The molecular formula is C98H118Cl12N2O16S6. The van der Waals surface area contributed by atoms with Crippen LogP contribution < -0.4 is 0 Å². The SMILES string of the molecule is O=C(OCCN1CCOCC1)c1ccc(CCC[C@@H]2[C@@H](CCc3cc(Cl)cc(Cl)c3)[C@H](O)C[C@H]2Cl)s1.O=C(OCCN1CCOCC1)c1ccc(CCC[C@@H]2[C@@H](CSc3cc(Cl)cc(Cl)c3)[C@H](O)C[C@H]2Cl)s1.O=C(OCCO)c1ccc(CCC[C@@H]2[C@@H](CCc3cc(Cl)cc(Cl)c3)[C@H](O)C[C@H]2Cl)s1.O=C(OCCO)c1ccc(CCC[C@@H]2[C@@H](CSc3cc(Cl)cc(Cl)c3)[C@H](O)C[C@H]2Cl)s1. The quantitative estimate of drug-likeness (QED) is 0.00900. The summed E-state index contributed by atoms with van der Waals surface area (Å²) in [4.78, 5) is 62.0. The van der Waals surface area contributed by atoms with Gasteiger partial charge in [0.2, 0.25) is 0 Å². The number of hydrogen-bond acceptors (Lipinski definition) is 24. The Morgan fingerprint density at radius 2 is 0.590 bits per heavy atom. The van der Waals surface area contributed by atoms with E-state index in [1.54, 1.807) is 59.9 Å². The van der Waals surface area contributed by atoms with Gasteiger partial charge in [-0.05, 0) is 308 Å². The molecule has 2 aliphatic heterocycles. The van der Waals surface area contributed by atoms with Crippen LogP contribution in [0, 0.1) is 47.3 Å². The van der Waals surface area contributed by atoms with E-state index in [-0.39, 0.29) is 113 Å². The van der Waals surface area contributed by atoms with Gasteiger partial charge in [0.1, 0.15) is 45.9 Å². The van der Waals surface area contributed by atoms with Crippen molar-refractivity contribution in [3.8, 4) is 0 Å². The standard InChI is InChI=1S/C27H34Cl3NO4S.C26H32Cl3NO4S2.C23H27Cl3O4S.C22H25Cl3O4S2/c28-19-14-18(15-20(29)16-19)4-6-23-22(24(30)17-25(23)32)3-1-2-21-5-7-26(36-21)27(33)35-13-10-31-8-11-34-12-9-31;27-17-12-18(28)14-20(13-17)35-16-22-21(23(29)15-24(22)31)3-1-2-19-4-5-25(36-19)26(32)34-11-8-30-6-9-33-10-7-30;24-15-10-14(11-16(25)12-15)4-6-19-18(20(26)13-21(19)28)3-1-2-17-5-7-22(31-17)23(29)30-9-8-27;23-13-8-14(24)10-16(9-13)30-12-18-17(19(25)11-20(18)27)3-1-2-15-4-5-21(31-15)22(28)29-7-6-26/h5,7,14-16,22-25,32H,1-4,6,8-13,17H2;4-5,12-14,21-24,31H,1-3,6-11,15-16H2;5,7,10-12,18-21,27-28H,1-4,6,8-9,13H2;4-5,8-10,17-20,26-27H,1-3,6-7,11-12H2/t22-,23-,24-,25-;21-,22-,23-,24-;18-,19-,20-,21-;17-,18-,19-,20-/m1111/s1. The molecule has 0 amide bonds. The van der Waals surface area contributed by atoms with Crippen LogP contribution in [0.4, 0.5) is 0 Å². The first-order valence-corrected chi connectivity index (χ1v) is 55.7. The van der Waals surface area contributed by atoms with Crippen molar-refractivity contribution >= 4 is 232 Å². The third kappa shape index (κ3) is 36.6. The summed E-state index contributed by atoms with van der Waals surface area (Å²) in [5.74, 6) is 1.75. The number of thiophene rings is 4. The number of thioether (sulfide) groups is 2. The van der Waals surface area contributed by atoms with Crippen LogP contribution in [0.2, 0.25) is 40.2 Å². The Hall–Kier alpha value is -2.66. The Balaban J connectivity index is 0.000000172. The molecule has 14 rings (SSSR count). The zero-order valence-corrected chi connectivity index (χ0v) is 88.3. The monoisotopic (exact) mass is 2190 g/mol. The number of morpholine rings is 2. The average Bonchev–Trinajstić information content (AvgIpc) is 1.71. The molecule has 4 aromatic heterocycles. The summed E-state index contributed by atoms with van der Waals surface area (Å²) in [6.07, 6.45) is 15.1. The molecule has 18 nitrogen and oxygen atoms in total. The first kappa shape index (κ1) is 112. The third-order valence-electron chi connectivity index (χ3n) is 25.3. The maximum Gasteiger partial charge on any atom is 0.348 e. The maximum absolute atomic E-state index is 12.4. The molecule has 6 N–H and O–H groups in total. The second-order valence-electron chi connectivity index (χ2n) is 34.6. The molecule has 6 fully saturated rings. The lowest BCUT2D eigenvalue weighted by Gasteiger charge is -2.26. The van der Waals surface area contributed by atoms with Gasteiger partial charge in [0, 0.05) is 142 Å². The van der Waals surface area contributed by atoms with Gasteiger partial charge in [-0.1, -0.05) is 92.8 Å². The highest BCUT2D eigenvalue weighted by molar-refractivity contribution is 7.99. The second-order valence-corrected chi connectivity index (χ2v) is 47.2. The summed E-state index contributed by atoms with van der Waals surface area (Å²) >= 11 is 84.6. The molecule has 6 heterocycles. The van der Waals surface area contributed by atoms with Crippen LogP contribution in [0.15, 0.2) is 131 Å². The fourth-order valence-corrected chi connectivity index (χ4v) is 29.2. The highest BCUT2D eigenvalue weighted by atomic mass is 35.5. The van der Waals surface area contributed by atoms with Crippen molar-refractivity contribution in [2.24, 2.45) is 47.3 Å². The number of aryl methyl sites for hydroxylation is 6. The normalized spacial score (nSPS) is 24.1. The lowest BCUT2D eigenvalue weighted by Crippen LogP contribution is -2.38. The molecule has 4 saturated carbocycles. The van der Waals surface area contributed by atoms with Crippen molar-refractivity contribution in [3.63, 3.8) is 0 Å². The molecular weight excluding hydrogens is 2080 g/mol. The molecule has 0 unspecified atom stereocenters. The molecule has 16 atom stereocenters. The maximum atomic E-state index is 12.4. The number of aliphatic hydroxyl groups excluding tert-OH is 6. The highest BCUT2D eigenvalue weighted by Crippen LogP contribution is 2.48. The van der Waals surface area contributed by atoms with Crippen LogP contribution in [0.25, 0.3) is 0 Å². The van der Waals surface area contributed by atoms with Crippen molar-refractivity contribution in [1.29, 1.82) is 0 Å². The molecule has 0 bridgehead atoms. The summed E-state index contributed by atoms with van der Waals surface area (Å²) in [6.45, 7) is 8.44. The van der Waals surface area contributed by atoms with Gasteiger partial charge >= 0.3 is 23.9 Å². The van der Waals surface area contributed by atoms with Gasteiger partial charge in [0.25, 0.3) is 0 Å². The lowest BCUT2D eigenvalue weighted by molar-refractivity contribution is 0.0192. The lowest BCUT2D eigenvalue weighted by atomic mass is 9.85. The minimum absolute atomic E-state index is 0.00791. The molecule has 6 aliphatic rings. The van der Waals surface area contributed by atoms with Gasteiger partial charge in [0.15, 0.2) is 0 Å². The molecule has 736 valence electrons. The smallest absolute Gasteiger partial charge is 0.348 e. The Labute approximate surface area is 871 Å². The number of nitrogens with zero attached hydrogens (tertiary/aromatic N) is 2.